The lowest BCUT2D eigenvalue weighted by molar-refractivity contribution is -0.0101. The number of pyridine rings is 1. The van der Waals surface area contributed by atoms with Crippen LogP contribution in [0.5, 0.6) is 0 Å². The van der Waals surface area contributed by atoms with Gasteiger partial charge in [0.15, 0.2) is 5.11 Å². The van der Waals surface area contributed by atoms with E-state index in [4.69, 9.17) is 12.2 Å². The van der Waals surface area contributed by atoms with Crippen LogP contribution in [-0.2, 0) is 6.54 Å². The zero-order valence-corrected chi connectivity index (χ0v) is 13.2. The highest BCUT2D eigenvalue weighted by atomic mass is 32.1. The minimum absolute atomic E-state index is 0.295. The van der Waals surface area contributed by atoms with E-state index in [-0.39, 0.29) is 0 Å². The number of nitrogens with one attached hydrogen (secondary N) is 2. The van der Waals surface area contributed by atoms with Gasteiger partial charge in [0.2, 0.25) is 0 Å². The third kappa shape index (κ3) is 2.78. The summed E-state index contributed by atoms with van der Waals surface area (Å²) in [5, 5.41) is 7.83. The second-order valence-electron chi connectivity index (χ2n) is 7.33. The van der Waals surface area contributed by atoms with Gasteiger partial charge in [0, 0.05) is 11.7 Å². The third-order valence-electron chi connectivity index (χ3n) is 5.57. The molecule has 0 saturated heterocycles. The monoisotopic (exact) mass is 301 g/mol. The molecule has 0 atom stereocenters. The molecule has 1 heterocycles. The average Bonchev–Trinajstić information content (AvgIpc) is 2.44. The van der Waals surface area contributed by atoms with Crippen molar-refractivity contribution in [2.75, 3.05) is 0 Å². The normalized spacial score (nSPS) is 36.5. The summed E-state index contributed by atoms with van der Waals surface area (Å²) in [6.07, 6.45) is 10.2. The Labute approximate surface area is 131 Å². The Morgan fingerprint density at radius 3 is 2.38 bits per heavy atom. The van der Waals surface area contributed by atoms with Crippen LogP contribution >= 0.6 is 12.2 Å². The molecule has 2 N–H and O–H groups in total. The van der Waals surface area contributed by atoms with Crippen LogP contribution in [0.25, 0.3) is 0 Å². The molecule has 0 spiro atoms. The molecule has 4 aliphatic carbocycles. The largest absolute Gasteiger partial charge is 0.357 e. The van der Waals surface area contributed by atoms with E-state index in [2.05, 4.69) is 15.6 Å². The highest BCUT2D eigenvalue weighted by molar-refractivity contribution is 7.80. The SMILES string of the molecule is S=C(NCc1ccccn1)NC12CC3CC(CC(C3)C1)C2. The van der Waals surface area contributed by atoms with Crippen molar-refractivity contribution in [2.45, 2.75) is 50.6 Å². The van der Waals surface area contributed by atoms with E-state index in [1.54, 1.807) is 0 Å². The Morgan fingerprint density at radius 1 is 1.14 bits per heavy atom. The maximum Gasteiger partial charge on any atom is 0.167 e. The van der Waals surface area contributed by atoms with E-state index in [1.807, 2.05) is 24.4 Å². The smallest absolute Gasteiger partial charge is 0.167 e. The molecule has 4 aliphatic rings. The molecule has 21 heavy (non-hydrogen) atoms. The van der Waals surface area contributed by atoms with E-state index >= 15 is 0 Å². The van der Waals surface area contributed by atoms with Gasteiger partial charge in [-0.15, -0.1) is 0 Å². The number of aromatic nitrogens is 1. The van der Waals surface area contributed by atoms with Gasteiger partial charge in [0.25, 0.3) is 0 Å². The minimum Gasteiger partial charge on any atom is -0.357 e. The zero-order valence-electron chi connectivity index (χ0n) is 12.3. The van der Waals surface area contributed by atoms with Crippen molar-refractivity contribution in [3.05, 3.63) is 30.1 Å². The van der Waals surface area contributed by atoms with Crippen LogP contribution in [0, 0.1) is 17.8 Å². The van der Waals surface area contributed by atoms with Gasteiger partial charge in [0.1, 0.15) is 0 Å². The first-order valence-electron chi connectivity index (χ1n) is 8.17. The molecule has 1 aromatic heterocycles. The van der Waals surface area contributed by atoms with Crippen molar-refractivity contribution >= 4 is 17.3 Å². The zero-order chi connectivity index (χ0) is 14.3. The van der Waals surface area contributed by atoms with Gasteiger partial charge in [-0.2, -0.15) is 0 Å². The van der Waals surface area contributed by atoms with Gasteiger partial charge in [-0.25, -0.2) is 0 Å². The Balaban J connectivity index is 1.36. The summed E-state index contributed by atoms with van der Waals surface area (Å²) in [5.41, 5.74) is 1.33. The molecule has 0 aliphatic heterocycles. The summed E-state index contributed by atoms with van der Waals surface area (Å²) in [7, 11) is 0. The van der Waals surface area contributed by atoms with Crippen molar-refractivity contribution < 1.29 is 0 Å². The fourth-order valence-electron chi connectivity index (χ4n) is 5.22. The first-order chi connectivity index (χ1) is 10.2. The van der Waals surface area contributed by atoms with Gasteiger partial charge in [0.05, 0.1) is 12.2 Å². The second-order valence-corrected chi connectivity index (χ2v) is 7.73. The first-order valence-corrected chi connectivity index (χ1v) is 8.57. The van der Waals surface area contributed by atoms with Gasteiger partial charge >= 0.3 is 0 Å². The van der Waals surface area contributed by atoms with Gasteiger partial charge in [-0.05, 0) is 80.6 Å². The quantitative estimate of drug-likeness (QED) is 0.842. The molecular formula is C17H23N3S. The lowest BCUT2D eigenvalue weighted by atomic mass is 9.53. The first kappa shape index (κ1) is 13.5. The predicted molar refractivity (Wildman–Crippen MR) is 87.7 cm³/mol. The summed E-state index contributed by atoms with van der Waals surface area (Å²) >= 11 is 5.54. The van der Waals surface area contributed by atoms with Crippen LogP contribution in [0.15, 0.2) is 24.4 Å². The summed E-state index contributed by atoms with van der Waals surface area (Å²) in [6, 6.07) is 5.98. The molecule has 4 bridgehead atoms. The van der Waals surface area contributed by atoms with E-state index in [0.717, 1.165) is 28.6 Å². The lowest BCUT2D eigenvalue weighted by Gasteiger charge is -2.57. The lowest BCUT2D eigenvalue weighted by Crippen LogP contribution is -2.61. The van der Waals surface area contributed by atoms with Crippen molar-refractivity contribution in [2.24, 2.45) is 17.8 Å². The van der Waals surface area contributed by atoms with E-state index in [0.29, 0.717) is 12.1 Å². The van der Waals surface area contributed by atoms with Crippen molar-refractivity contribution in [1.82, 2.24) is 15.6 Å². The predicted octanol–water partition coefficient (Wildman–Crippen LogP) is 3.01. The molecule has 3 nitrogen and oxygen atoms in total. The Bertz CT molecular complexity index is 493. The summed E-state index contributed by atoms with van der Waals surface area (Å²) in [6.45, 7) is 0.707. The van der Waals surface area contributed by atoms with E-state index < -0.39 is 0 Å². The minimum atomic E-state index is 0.295. The molecule has 0 amide bonds. The van der Waals surface area contributed by atoms with Crippen LogP contribution in [0.3, 0.4) is 0 Å². The maximum absolute atomic E-state index is 5.54. The number of nitrogens with zero attached hydrogens (tertiary/aromatic N) is 1. The molecule has 4 fully saturated rings. The second kappa shape index (κ2) is 5.24. The highest BCUT2D eigenvalue weighted by Crippen LogP contribution is 2.55. The number of hydrogen-bond acceptors (Lipinski definition) is 2. The molecular weight excluding hydrogens is 278 g/mol. The van der Waals surface area contributed by atoms with Crippen LogP contribution in [0.4, 0.5) is 0 Å². The van der Waals surface area contributed by atoms with E-state index in [1.165, 1.54) is 38.5 Å². The van der Waals surface area contributed by atoms with Crippen molar-refractivity contribution in [3.63, 3.8) is 0 Å². The van der Waals surface area contributed by atoms with Gasteiger partial charge in [-0.3, -0.25) is 4.98 Å². The molecule has 0 unspecified atom stereocenters. The Morgan fingerprint density at radius 2 is 1.81 bits per heavy atom. The molecule has 0 aromatic carbocycles. The molecule has 1 aromatic rings. The number of rotatable bonds is 3. The number of thiocarbonyl (C=S) groups is 1. The van der Waals surface area contributed by atoms with Crippen LogP contribution in [0.1, 0.15) is 44.2 Å². The van der Waals surface area contributed by atoms with Crippen LogP contribution in [-0.4, -0.2) is 15.6 Å². The fraction of sp³-hybridized carbons (Fsp3) is 0.647. The maximum atomic E-state index is 5.54. The standard InChI is InChI=1S/C17H23N3S/c21-16(19-11-15-3-1-2-4-18-15)20-17-8-12-5-13(9-17)7-14(6-12)10-17/h1-4,12-14H,5-11H2,(H2,19,20,21). The summed E-state index contributed by atoms with van der Waals surface area (Å²) < 4.78 is 0. The molecule has 112 valence electrons. The van der Waals surface area contributed by atoms with Crippen molar-refractivity contribution in [3.8, 4) is 0 Å². The Hall–Kier alpha value is -1.16. The van der Waals surface area contributed by atoms with E-state index in [9.17, 15) is 0 Å². The third-order valence-corrected chi connectivity index (χ3v) is 5.82. The fourth-order valence-corrected chi connectivity index (χ4v) is 5.51. The topological polar surface area (TPSA) is 37.0 Å². The molecule has 0 radical (unpaired) electrons. The van der Waals surface area contributed by atoms with Gasteiger partial charge < -0.3 is 10.6 Å². The summed E-state index contributed by atoms with van der Waals surface area (Å²) in [5.74, 6) is 2.84. The molecule has 4 heteroatoms. The van der Waals surface area contributed by atoms with Crippen molar-refractivity contribution in [1.29, 1.82) is 0 Å². The molecule has 5 rings (SSSR count). The number of hydrogen-bond donors (Lipinski definition) is 2. The highest BCUT2D eigenvalue weighted by Gasteiger charge is 2.51. The molecule has 4 saturated carbocycles. The average molecular weight is 301 g/mol. The van der Waals surface area contributed by atoms with Crippen LogP contribution < -0.4 is 10.6 Å². The van der Waals surface area contributed by atoms with Gasteiger partial charge in [-0.1, -0.05) is 6.07 Å². The summed E-state index contributed by atoms with van der Waals surface area (Å²) in [4.78, 5) is 4.33. The van der Waals surface area contributed by atoms with Crippen LogP contribution in [0.2, 0.25) is 0 Å². The Kier molecular flexibility index (Phi) is 3.37.